The summed E-state index contributed by atoms with van der Waals surface area (Å²) in [6.07, 6.45) is 0. The van der Waals surface area contributed by atoms with E-state index in [1.807, 2.05) is 37.1 Å². The first-order valence-electron chi connectivity index (χ1n) is 5.97. The molecule has 1 aromatic carbocycles. The molecule has 0 spiro atoms. The Hall–Kier alpha value is -2.42. The van der Waals surface area contributed by atoms with Crippen molar-refractivity contribution in [2.45, 2.75) is 12.2 Å². The van der Waals surface area contributed by atoms with Gasteiger partial charge in [-0.1, -0.05) is 19.1 Å². The molecule has 0 radical (unpaired) electrons. The Morgan fingerprint density at radius 3 is 2.10 bits per heavy atom. The highest BCUT2D eigenvalue weighted by atomic mass is 32.1. The van der Waals surface area contributed by atoms with Crippen LogP contribution < -0.4 is 4.90 Å². The second-order valence-corrected chi connectivity index (χ2v) is 5.24. The van der Waals surface area contributed by atoms with Gasteiger partial charge in [0.25, 0.3) is 0 Å². The summed E-state index contributed by atoms with van der Waals surface area (Å²) in [6.45, 7) is 2.81. The Morgan fingerprint density at radius 2 is 1.70 bits per heavy atom. The van der Waals surface area contributed by atoms with Gasteiger partial charge in [-0.05, 0) is 17.7 Å². The number of benzene rings is 1. The van der Waals surface area contributed by atoms with Crippen LogP contribution in [-0.2, 0) is 0 Å². The van der Waals surface area contributed by atoms with Crippen molar-refractivity contribution < 1.29 is 0 Å². The number of rotatable bonds is 4. The molecule has 0 aromatic heterocycles. The van der Waals surface area contributed by atoms with E-state index in [0.717, 1.165) is 12.2 Å². The van der Waals surface area contributed by atoms with Gasteiger partial charge in [0.15, 0.2) is 0 Å². The van der Waals surface area contributed by atoms with Crippen molar-refractivity contribution in [3.8, 4) is 18.2 Å². The number of hydrogen-bond donors (Lipinski definition) is 1. The van der Waals surface area contributed by atoms with Gasteiger partial charge in [-0.25, -0.2) is 0 Å². The zero-order valence-electron chi connectivity index (χ0n) is 11.3. The van der Waals surface area contributed by atoms with Crippen LogP contribution in [0, 0.1) is 34.0 Å². The van der Waals surface area contributed by atoms with E-state index in [0.29, 0.717) is 5.56 Å². The van der Waals surface area contributed by atoms with E-state index in [1.165, 1.54) is 0 Å². The molecule has 1 rings (SSSR count). The maximum absolute atomic E-state index is 9.08. The molecule has 1 atom stereocenters. The van der Waals surface area contributed by atoms with E-state index in [1.54, 1.807) is 24.3 Å². The van der Waals surface area contributed by atoms with Crippen molar-refractivity contribution in [1.82, 2.24) is 0 Å². The summed E-state index contributed by atoms with van der Waals surface area (Å²) in [6, 6.07) is 12.6. The van der Waals surface area contributed by atoms with Gasteiger partial charge in [0, 0.05) is 24.5 Å². The topological polar surface area (TPSA) is 74.6 Å². The van der Waals surface area contributed by atoms with Crippen LogP contribution >= 0.6 is 12.6 Å². The molecule has 0 amide bonds. The molecule has 1 aromatic rings. The SMILES string of the molecule is CC(S)CN(C)c1ccc(C(C#N)=C(C#N)C#N)cc1. The van der Waals surface area contributed by atoms with Crippen LogP contribution in [0.15, 0.2) is 29.8 Å². The van der Waals surface area contributed by atoms with E-state index in [4.69, 9.17) is 15.8 Å². The highest BCUT2D eigenvalue weighted by Crippen LogP contribution is 2.21. The smallest absolute Gasteiger partial charge is 0.148 e. The van der Waals surface area contributed by atoms with Gasteiger partial charge in [-0.15, -0.1) is 0 Å². The Labute approximate surface area is 124 Å². The molecule has 0 saturated heterocycles. The quantitative estimate of drug-likeness (QED) is 0.680. The van der Waals surface area contributed by atoms with Crippen molar-refractivity contribution in [3.63, 3.8) is 0 Å². The molecule has 1 unspecified atom stereocenters. The number of anilines is 1. The van der Waals surface area contributed by atoms with Crippen LogP contribution in [0.2, 0.25) is 0 Å². The van der Waals surface area contributed by atoms with Gasteiger partial charge in [0.05, 0.1) is 5.57 Å². The lowest BCUT2D eigenvalue weighted by Gasteiger charge is -2.21. The summed E-state index contributed by atoms with van der Waals surface area (Å²) in [4.78, 5) is 2.05. The normalized spacial score (nSPS) is 10.6. The highest BCUT2D eigenvalue weighted by molar-refractivity contribution is 7.80. The minimum atomic E-state index is -0.169. The summed E-state index contributed by atoms with van der Waals surface area (Å²) in [5.41, 5.74) is 1.49. The van der Waals surface area contributed by atoms with Crippen LogP contribution in [0.1, 0.15) is 12.5 Å². The average Bonchev–Trinajstić information content (AvgIpc) is 2.44. The van der Waals surface area contributed by atoms with E-state index in [9.17, 15) is 0 Å². The molecule has 0 saturated carbocycles. The van der Waals surface area contributed by atoms with Crippen molar-refractivity contribution in [3.05, 3.63) is 35.4 Å². The maximum atomic E-state index is 9.08. The van der Waals surface area contributed by atoms with Crippen LogP contribution in [0.4, 0.5) is 5.69 Å². The van der Waals surface area contributed by atoms with Crippen LogP contribution in [0.25, 0.3) is 5.57 Å². The first-order chi connectivity index (χ1) is 9.53. The summed E-state index contributed by atoms with van der Waals surface area (Å²) in [5.74, 6) is 0. The van der Waals surface area contributed by atoms with Crippen LogP contribution in [0.3, 0.4) is 0 Å². The molecule has 4 nitrogen and oxygen atoms in total. The molecule has 0 N–H and O–H groups in total. The van der Waals surface area contributed by atoms with Crippen molar-refractivity contribution in [1.29, 1.82) is 15.8 Å². The van der Waals surface area contributed by atoms with Gasteiger partial charge in [0.1, 0.15) is 23.8 Å². The molecular weight excluding hydrogens is 268 g/mol. The second-order valence-electron chi connectivity index (χ2n) is 4.36. The first-order valence-corrected chi connectivity index (χ1v) is 6.49. The Balaban J connectivity index is 3.10. The van der Waals surface area contributed by atoms with E-state index < -0.39 is 0 Å². The Kier molecular flexibility index (Phi) is 5.66. The Bertz CT molecular complexity index is 608. The summed E-state index contributed by atoms with van der Waals surface area (Å²) < 4.78 is 0. The lowest BCUT2D eigenvalue weighted by atomic mass is 10.0. The fourth-order valence-corrected chi connectivity index (χ4v) is 2.03. The average molecular weight is 282 g/mol. The zero-order chi connectivity index (χ0) is 15.1. The number of thiol groups is 1. The molecule has 0 aliphatic rings. The molecule has 0 aliphatic carbocycles. The van der Waals surface area contributed by atoms with Gasteiger partial charge in [-0.2, -0.15) is 28.4 Å². The number of nitrogens with zero attached hydrogens (tertiary/aromatic N) is 4. The van der Waals surface area contributed by atoms with E-state index in [2.05, 4.69) is 12.6 Å². The predicted molar refractivity (Wildman–Crippen MR) is 81.9 cm³/mol. The largest absolute Gasteiger partial charge is 0.374 e. The van der Waals surface area contributed by atoms with Gasteiger partial charge < -0.3 is 4.90 Å². The number of hydrogen-bond acceptors (Lipinski definition) is 5. The molecule has 100 valence electrons. The summed E-state index contributed by atoms with van der Waals surface area (Å²) >= 11 is 4.34. The molecule has 0 heterocycles. The minimum absolute atomic E-state index is 0.103. The Morgan fingerprint density at radius 1 is 1.15 bits per heavy atom. The first kappa shape index (κ1) is 15.6. The lowest BCUT2D eigenvalue weighted by Crippen LogP contribution is -2.24. The van der Waals surface area contributed by atoms with Crippen molar-refractivity contribution in [2.24, 2.45) is 0 Å². The standard InChI is InChI=1S/C15H14N4S/c1-11(20)10-19(2)14-5-3-12(4-6-14)15(9-18)13(7-16)8-17/h3-6,11,20H,10H2,1-2H3. The van der Waals surface area contributed by atoms with Gasteiger partial charge in [0.2, 0.25) is 0 Å². The summed E-state index contributed by atoms with van der Waals surface area (Å²) in [7, 11) is 1.96. The van der Waals surface area contributed by atoms with Gasteiger partial charge in [-0.3, -0.25) is 0 Å². The molecule has 0 aliphatic heterocycles. The van der Waals surface area contributed by atoms with Gasteiger partial charge >= 0.3 is 0 Å². The summed E-state index contributed by atoms with van der Waals surface area (Å²) in [5, 5.41) is 27.0. The third-order valence-corrected chi connectivity index (χ3v) is 2.88. The molecular formula is C15H14N4S. The fraction of sp³-hybridized carbons (Fsp3) is 0.267. The van der Waals surface area contributed by atoms with Crippen molar-refractivity contribution in [2.75, 3.05) is 18.5 Å². The number of nitriles is 3. The molecule has 5 heteroatoms. The third kappa shape index (κ3) is 3.79. The lowest BCUT2D eigenvalue weighted by molar-refractivity contribution is 0.872. The highest BCUT2D eigenvalue weighted by Gasteiger charge is 2.10. The zero-order valence-corrected chi connectivity index (χ0v) is 12.2. The fourth-order valence-electron chi connectivity index (χ4n) is 1.79. The van der Waals surface area contributed by atoms with Crippen LogP contribution in [-0.4, -0.2) is 18.8 Å². The molecule has 20 heavy (non-hydrogen) atoms. The van der Waals surface area contributed by atoms with Crippen LogP contribution in [0.5, 0.6) is 0 Å². The van der Waals surface area contributed by atoms with E-state index in [-0.39, 0.29) is 16.4 Å². The third-order valence-electron chi connectivity index (χ3n) is 2.72. The second kappa shape index (κ2) is 7.24. The molecule has 0 fully saturated rings. The predicted octanol–water partition coefficient (Wildman–Crippen LogP) is 2.77. The molecule has 0 bridgehead atoms. The minimum Gasteiger partial charge on any atom is -0.374 e. The maximum Gasteiger partial charge on any atom is 0.148 e. The number of allylic oxidation sites excluding steroid dienone is 2. The monoisotopic (exact) mass is 282 g/mol. The van der Waals surface area contributed by atoms with E-state index >= 15 is 0 Å². The van der Waals surface area contributed by atoms with Crippen molar-refractivity contribution >= 4 is 23.9 Å².